The predicted octanol–water partition coefficient (Wildman–Crippen LogP) is 4.56. The van der Waals surface area contributed by atoms with Crippen molar-refractivity contribution < 1.29 is 28.3 Å². The third-order valence-corrected chi connectivity index (χ3v) is 5.53. The van der Waals surface area contributed by atoms with Crippen LogP contribution >= 0.6 is 23.2 Å². The van der Waals surface area contributed by atoms with Crippen LogP contribution in [0.5, 0.6) is 0 Å². The Morgan fingerprint density at radius 3 is 2.26 bits per heavy atom. The number of benzene rings is 2. The van der Waals surface area contributed by atoms with Crippen molar-refractivity contribution in [3.05, 3.63) is 87.3 Å². The lowest BCUT2D eigenvalue weighted by Crippen LogP contribution is -2.34. The van der Waals surface area contributed by atoms with Gasteiger partial charge in [0, 0.05) is 17.5 Å². The summed E-state index contributed by atoms with van der Waals surface area (Å²) in [5.41, 5.74) is 0.728. The quantitative estimate of drug-likeness (QED) is 0.160. The second-order valence-electron chi connectivity index (χ2n) is 7.49. The largest absolute Gasteiger partial charge is 0.462 e. The number of nitriles is 1. The molecule has 1 heterocycles. The molecule has 0 spiro atoms. The molecular formula is C26H20Cl2N4O6. The van der Waals surface area contributed by atoms with Gasteiger partial charge in [-0.25, -0.2) is 4.79 Å². The van der Waals surface area contributed by atoms with Crippen molar-refractivity contribution in [1.29, 1.82) is 5.26 Å². The maximum Gasteiger partial charge on any atom is 0.338 e. The Balaban J connectivity index is 1.54. The van der Waals surface area contributed by atoms with Gasteiger partial charge in [0.2, 0.25) is 0 Å². The van der Waals surface area contributed by atoms with E-state index in [9.17, 15) is 24.4 Å². The summed E-state index contributed by atoms with van der Waals surface area (Å²) in [6, 6.07) is 15.1. The van der Waals surface area contributed by atoms with Gasteiger partial charge in [0.25, 0.3) is 5.91 Å². The number of halogens is 2. The zero-order chi connectivity index (χ0) is 27.7. The van der Waals surface area contributed by atoms with Crippen molar-refractivity contribution >= 4 is 64.3 Å². The zero-order valence-corrected chi connectivity index (χ0v) is 21.4. The van der Waals surface area contributed by atoms with E-state index in [2.05, 4.69) is 16.0 Å². The number of hydrogen-bond donors (Lipinski definition) is 3. The minimum absolute atomic E-state index is 0.126. The number of rotatable bonds is 8. The molecule has 0 unspecified atom stereocenters. The Morgan fingerprint density at radius 1 is 0.921 bits per heavy atom. The van der Waals surface area contributed by atoms with E-state index in [1.54, 1.807) is 13.0 Å². The number of nitrogens with one attached hydrogen (secondary N) is 3. The molecule has 0 bridgehead atoms. The first-order chi connectivity index (χ1) is 18.2. The first-order valence-corrected chi connectivity index (χ1v) is 11.8. The molecule has 2 aromatic carbocycles. The lowest BCUT2D eigenvalue weighted by molar-refractivity contribution is -0.136. The second-order valence-corrected chi connectivity index (χ2v) is 8.31. The summed E-state index contributed by atoms with van der Waals surface area (Å²) in [4.78, 5) is 48.4. The molecule has 3 amide bonds. The van der Waals surface area contributed by atoms with Crippen LogP contribution in [-0.2, 0) is 25.7 Å². The van der Waals surface area contributed by atoms with E-state index in [4.69, 9.17) is 32.4 Å². The van der Waals surface area contributed by atoms with Gasteiger partial charge in [0.1, 0.15) is 23.2 Å². The summed E-state index contributed by atoms with van der Waals surface area (Å²) in [6.07, 6.45) is 1.23. The lowest BCUT2D eigenvalue weighted by atomic mass is 10.2. The predicted molar refractivity (Wildman–Crippen MR) is 140 cm³/mol. The van der Waals surface area contributed by atoms with Gasteiger partial charge >= 0.3 is 17.8 Å². The third kappa shape index (κ3) is 7.70. The van der Waals surface area contributed by atoms with Crippen LogP contribution in [-0.4, -0.2) is 30.3 Å². The molecule has 1 aromatic heterocycles. The zero-order valence-electron chi connectivity index (χ0n) is 19.8. The molecule has 10 nitrogen and oxygen atoms in total. The van der Waals surface area contributed by atoms with E-state index in [1.807, 2.05) is 0 Å². The van der Waals surface area contributed by atoms with E-state index < -0.39 is 23.7 Å². The monoisotopic (exact) mass is 554 g/mol. The Morgan fingerprint density at radius 2 is 1.61 bits per heavy atom. The van der Waals surface area contributed by atoms with Gasteiger partial charge in [-0.2, -0.15) is 5.26 Å². The third-order valence-electron chi connectivity index (χ3n) is 4.79. The van der Waals surface area contributed by atoms with Gasteiger partial charge in [-0.05, 0) is 61.5 Å². The molecule has 3 N–H and O–H groups in total. The number of nitrogens with zero attached hydrogens (tertiary/aromatic N) is 1. The van der Waals surface area contributed by atoms with E-state index in [0.29, 0.717) is 22.0 Å². The van der Waals surface area contributed by atoms with Crippen LogP contribution in [0.2, 0.25) is 10.0 Å². The summed E-state index contributed by atoms with van der Waals surface area (Å²) in [6.45, 7) is 1.80. The molecule has 0 radical (unpaired) electrons. The first-order valence-electron chi connectivity index (χ1n) is 11.0. The fourth-order valence-corrected chi connectivity index (χ4v) is 3.27. The summed E-state index contributed by atoms with van der Waals surface area (Å²) < 4.78 is 10.4. The summed E-state index contributed by atoms with van der Waals surface area (Å²) >= 11 is 11.8. The molecule has 0 fully saturated rings. The molecule has 38 heavy (non-hydrogen) atoms. The second kappa shape index (κ2) is 13.1. The average Bonchev–Trinajstić information content (AvgIpc) is 3.35. The number of furan rings is 1. The van der Waals surface area contributed by atoms with Crippen LogP contribution in [0.25, 0.3) is 6.08 Å². The van der Waals surface area contributed by atoms with Gasteiger partial charge < -0.3 is 25.1 Å². The standard InChI is InChI=1S/C26H20Cl2N4O6/c1-2-37-26(36)15-3-5-17(6-4-15)31-25(35)24(34)30-14-20-9-8-19(38-20)11-16(13-29)23(33)32-18-7-10-21(27)22(28)12-18/h3-12H,2,14H2,1H3,(H,30,34)(H,31,35)(H,32,33)/b16-11-. The Kier molecular flexibility index (Phi) is 9.65. The van der Waals surface area contributed by atoms with E-state index in [0.717, 1.165) is 0 Å². The van der Waals surface area contributed by atoms with Crippen LogP contribution in [0, 0.1) is 11.3 Å². The van der Waals surface area contributed by atoms with Crippen molar-refractivity contribution in [2.24, 2.45) is 0 Å². The minimum atomic E-state index is -0.925. The summed E-state index contributed by atoms with van der Waals surface area (Å²) in [7, 11) is 0. The number of amides is 3. The highest BCUT2D eigenvalue weighted by atomic mass is 35.5. The van der Waals surface area contributed by atoms with Crippen molar-refractivity contribution in [2.75, 3.05) is 17.2 Å². The topological polar surface area (TPSA) is 151 Å². The number of anilines is 2. The average molecular weight is 555 g/mol. The number of hydrogen-bond acceptors (Lipinski definition) is 7. The van der Waals surface area contributed by atoms with Crippen LogP contribution in [0.15, 0.2) is 64.6 Å². The fourth-order valence-electron chi connectivity index (χ4n) is 2.97. The van der Waals surface area contributed by atoms with Gasteiger partial charge in [-0.1, -0.05) is 23.2 Å². The van der Waals surface area contributed by atoms with E-state index >= 15 is 0 Å². The van der Waals surface area contributed by atoms with E-state index in [1.165, 1.54) is 60.7 Å². The summed E-state index contributed by atoms with van der Waals surface area (Å²) in [5.74, 6) is -2.58. The highest BCUT2D eigenvalue weighted by Crippen LogP contribution is 2.25. The highest BCUT2D eigenvalue weighted by molar-refractivity contribution is 6.42. The molecule has 0 saturated carbocycles. The van der Waals surface area contributed by atoms with Crippen LogP contribution in [0.3, 0.4) is 0 Å². The molecule has 0 aliphatic heterocycles. The fraction of sp³-hybridized carbons (Fsp3) is 0.115. The van der Waals surface area contributed by atoms with Crippen molar-refractivity contribution in [3.63, 3.8) is 0 Å². The van der Waals surface area contributed by atoms with Gasteiger partial charge in [0.05, 0.1) is 28.8 Å². The maximum atomic E-state index is 12.4. The SMILES string of the molecule is CCOC(=O)c1ccc(NC(=O)C(=O)NCc2ccc(/C=C(/C#N)C(=O)Nc3ccc(Cl)c(Cl)c3)o2)cc1. The normalized spacial score (nSPS) is 10.7. The Bertz CT molecular complexity index is 1440. The van der Waals surface area contributed by atoms with Gasteiger partial charge in [-0.15, -0.1) is 0 Å². The molecule has 0 saturated heterocycles. The van der Waals surface area contributed by atoms with Gasteiger partial charge in [0.15, 0.2) is 0 Å². The smallest absolute Gasteiger partial charge is 0.338 e. The molecule has 12 heteroatoms. The van der Waals surface area contributed by atoms with Crippen LogP contribution in [0.4, 0.5) is 11.4 Å². The lowest BCUT2D eigenvalue weighted by Gasteiger charge is -2.07. The highest BCUT2D eigenvalue weighted by Gasteiger charge is 2.16. The summed E-state index contributed by atoms with van der Waals surface area (Å²) in [5, 5.41) is 17.3. The number of carbonyl (C=O) groups excluding carboxylic acids is 4. The molecule has 3 aromatic rings. The molecule has 3 rings (SSSR count). The molecule has 0 aliphatic rings. The van der Waals surface area contributed by atoms with Crippen molar-refractivity contribution in [3.8, 4) is 6.07 Å². The number of ether oxygens (including phenoxy) is 1. The Hall–Kier alpha value is -4.59. The van der Waals surface area contributed by atoms with E-state index in [-0.39, 0.29) is 35.3 Å². The minimum Gasteiger partial charge on any atom is -0.462 e. The van der Waals surface area contributed by atoms with Crippen LogP contribution in [0.1, 0.15) is 28.8 Å². The molecule has 0 aliphatic carbocycles. The Labute approximate surface area is 227 Å². The maximum absolute atomic E-state index is 12.4. The number of carbonyl (C=O) groups is 4. The van der Waals surface area contributed by atoms with Gasteiger partial charge in [-0.3, -0.25) is 14.4 Å². The van der Waals surface area contributed by atoms with Crippen LogP contribution < -0.4 is 16.0 Å². The number of esters is 1. The molecule has 0 atom stereocenters. The molecular weight excluding hydrogens is 535 g/mol. The van der Waals surface area contributed by atoms with Crippen molar-refractivity contribution in [2.45, 2.75) is 13.5 Å². The first kappa shape index (κ1) is 28.0. The molecule has 194 valence electrons. The van der Waals surface area contributed by atoms with Crippen molar-refractivity contribution in [1.82, 2.24) is 5.32 Å².